The lowest BCUT2D eigenvalue weighted by atomic mass is 10.2. The minimum absolute atomic E-state index is 0.0358. The fraction of sp³-hybridized carbons (Fsp3) is 0.0833. The quantitative estimate of drug-likeness (QED) is 0.635. The Hall–Kier alpha value is -1.61. The minimum Gasteiger partial charge on any atom is -0.349 e. The fourth-order valence-electron chi connectivity index (χ4n) is 1.02. The Morgan fingerprint density at radius 3 is 2.94 bits per heavy atom. The Kier molecular flexibility index (Phi) is 4.73. The van der Waals surface area contributed by atoms with E-state index in [1.807, 2.05) is 0 Å². The van der Waals surface area contributed by atoms with Gasteiger partial charge in [0.15, 0.2) is 0 Å². The number of carbonyl (C=O) groups excluding carboxylic acids is 1. The van der Waals surface area contributed by atoms with E-state index in [1.54, 1.807) is 18.2 Å². The van der Waals surface area contributed by atoms with Crippen LogP contribution < -0.4 is 5.32 Å². The molecule has 0 unspecified atom stereocenters. The van der Waals surface area contributed by atoms with Gasteiger partial charge in [-0.15, -0.1) is 6.58 Å². The molecule has 1 aromatic carbocycles. The summed E-state index contributed by atoms with van der Waals surface area (Å²) in [6.45, 7) is 3.88. The molecule has 4 heteroatoms. The summed E-state index contributed by atoms with van der Waals surface area (Å²) in [5.74, 6) is -0.713. The van der Waals surface area contributed by atoms with E-state index in [2.05, 4.69) is 11.9 Å². The van der Waals surface area contributed by atoms with Crippen LogP contribution in [-0.4, -0.2) is 12.5 Å². The van der Waals surface area contributed by atoms with Crippen LogP contribution in [0.5, 0.6) is 0 Å². The molecule has 16 heavy (non-hydrogen) atoms. The molecule has 0 bridgehead atoms. The molecule has 0 spiro atoms. The molecule has 84 valence electrons. The molecule has 0 atom stereocenters. The first-order valence-corrected chi connectivity index (χ1v) is 5.03. The highest BCUT2D eigenvalue weighted by atomic mass is 35.5. The molecule has 0 aliphatic carbocycles. The zero-order chi connectivity index (χ0) is 12.0. The maximum atomic E-state index is 12.8. The van der Waals surface area contributed by atoms with Gasteiger partial charge in [-0.1, -0.05) is 23.7 Å². The van der Waals surface area contributed by atoms with E-state index < -0.39 is 5.82 Å². The zero-order valence-electron chi connectivity index (χ0n) is 8.54. The molecule has 1 amide bonds. The van der Waals surface area contributed by atoms with E-state index in [0.717, 1.165) is 0 Å². The Morgan fingerprint density at radius 2 is 2.31 bits per heavy atom. The smallest absolute Gasteiger partial charge is 0.244 e. The topological polar surface area (TPSA) is 29.1 Å². The van der Waals surface area contributed by atoms with Crippen LogP contribution in [0, 0.1) is 5.82 Å². The van der Waals surface area contributed by atoms with Gasteiger partial charge in [-0.25, -0.2) is 4.39 Å². The summed E-state index contributed by atoms with van der Waals surface area (Å²) in [6.07, 6.45) is 4.50. The highest BCUT2D eigenvalue weighted by molar-refractivity contribution is 6.30. The molecule has 1 aromatic rings. The molecular formula is C12H11ClFNO. The van der Waals surface area contributed by atoms with Crippen LogP contribution in [0.25, 0.3) is 6.08 Å². The molecule has 1 N–H and O–H groups in total. The third-order valence-corrected chi connectivity index (χ3v) is 2.08. The Bertz CT molecular complexity index is 429. The summed E-state index contributed by atoms with van der Waals surface area (Å²) in [4.78, 5) is 11.2. The number of hydrogen-bond donors (Lipinski definition) is 1. The second kappa shape index (κ2) is 6.08. The number of benzene rings is 1. The first kappa shape index (κ1) is 12.5. The number of carbonyl (C=O) groups is 1. The number of hydrogen-bond acceptors (Lipinski definition) is 1. The van der Waals surface area contributed by atoms with Crippen molar-refractivity contribution in [2.24, 2.45) is 0 Å². The van der Waals surface area contributed by atoms with Gasteiger partial charge in [0.2, 0.25) is 5.91 Å². The summed E-state index contributed by atoms with van der Waals surface area (Å²) in [6, 6.07) is 4.25. The number of nitrogens with one attached hydrogen (secondary N) is 1. The van der Waals surface area contributed by atoms with E-state index in [-0.39, 0.29) is 10.9 Å². The van der Waals surface area contributed by atoms with Crippen molar-refractivity contribution in [1.82, 2.24) is 5.32 Å². The van der Waals surface area contributed by atoms with E-state index in [0.29, 0.717) is 12.1 Å². The van der Waals surface area contributed by atoms with E-state index in [4.69, 9.17) is 11.6 Å². The van der Waals surface area contributed by atoms with E-state index in [9.17, 15) is 9.18 Å². The standard InChI is InChI=1S/C12H11ClFNO/c1-2-7-15-12(16)6-4-9-3-5-11(14)10(13)8-9/h2-6,8H,1,7H2,(H,15,16)/b6-4+. The minimum atomic E-state index is -0.477. The van der Waals surface area contributed by atoms with Crippen LogP contribution in [0.4, 0.5) is 4.39 Å². The molecule has 0 aliphatic heterocycles. The van der Waals surface area contributed by atoms with Crippen LogP contribution in [0.3, 0.4) is 0 Å². The van der Waals surface area contributed by atoms with Crippen molar-refractivity contribution in [2.45, 2.75) is 0 Å². The average molecular weight is 240 g/mol. The van der Waals surface area contributed by atoms with Gasteiger partial charge < -0.3 is 5.32 Å². The summed E-state index contributed by atoms with van der Waals surface area (Å²) in [5.41, 5.74) is 0.667. The second-order valence-corrected chi connectivity index (χ2v) is 3.45. The van der Waals surface area contributed by atoms with Gasteiger partial charge in [0.25, 0.3) is 0 Å². The summed E-state index contributed by atoms with van der Waals surface area (Å²) in [7, 11) is 0. The van der Waals surface area contributed by atoms with E-state index in [1.165, 1.54) is 18.2 Å². The Labute approximate surface area is 98.4 Å². The van der Waals surface area contributed by atoms with Crippen molar-refractivity contribution in [2.75, 3.05) is 6.54 Å². The van der Waals surface area contributed by atoms with E-state index >= 15 is 0 Å². The van der Waals surface area contributed by atoms with Gasteiger partial charge in [0, 0.05) is 12.6 Å². The fourth-order valence-corrected chi connectivity index (χ4v) is 1.21. The van der Waals surface area contributed by atoms with Crippen molar-refractivity contribution in [3.8, 4) is 0 Å². The summed E-state index contributed by atoms with van der Waals surface area (Å²) < 4.78 is 12.8. The van der Waals surface area contributed by atoms with Gasteiger partial charge in [0.05, 0.1) is 5.02 Å². The summed E-state index contributed by atoms with van der Waals surface area (Å²) in [5, 5.41) is 2.61. The molecular weight excluding hydrogens is 229 g/mol. The molecule has 0 aromatic heterocycles. The van der Waals surface area contributed by atoms with Crippen LogP contribution in [0.15, 0.2) is 36.9 Å². The molecule has 2 nitrogen and oxygen atoms in total. The highest BCUT2D eigenvalue weighted by Crippen LogP contribution is 2.16. The van der Waals surface area contributed by atoms with Crippen molar-refractivity contribution in [3.63, 3.8) is 0 Å². The second-order valence-electron chi connectivity index (χ2n) is 3.04. The number of halogens is 2. The average Bonchev–Trinajstić information content (AvgIpc) is 2.28. The Morgan fingerprint density at radius 1 is 1.56 bits per heavy atom. The van der Waals surface area contributed by atoms with Crippen molar-refractivity contribution in [3.05, 3.63) is 53.3 Å². The van der Waals surface area contributed by atoms with Gasteiger partial charge in [-0.05, 0) is 23.8 Å². The zero-order valence-corrected chi connectivity index (χ0v) is 9.30. The summed E-state index contributed by atoms with van der Waals surface area (Å²) >= 11 is 5.59. The predicted octanol–water partition coefficient (Wildman–Crippen LogP) is 2.79. The lowest BCUT2D eigenvalue weighted by Gasteiger charge is -1.97. The SMILES string of the molecule is C=CCNC(=O)/C=C/c1ccc(F)c(Cl)c1. The van der Waals surface area contributed by atoms with Gasteiger partial charge >= 0.3 is 0 Å². The van der Waals surface area contributed by atoms with Crippen LogP contribution >= 0.6 is 11.6 Å². The van der Waals surface area contributed by atoms with Gasteiger partial charge in [-0.2, -0.15) is 0 Å². The molecule has 0 aliphatic rings. The molecule has 0 saturated heterocycles. The molecule has 0 fully saturated rings. The third kappa shape index (κ3) is 3.87. The van der Waals surface area contributed by atoms with Crippen LogP contribution in [0.1, 0.15) is 5.56 Å². The van der Waals surface area contributed by atoms with Crippen molar-refractivity contribution >= 4 is 23.6 Å². The largest absolute Gasteiger partial charge is 0.349 e. The number of amides is 1. The molecule has 0 radical (unpaired) electrons. The monoisotopic (exact) mass is 239 g/mol. The third-order valence-electron chi connectivity index (χ3n) is 1.79. The van der Waals surface area contributed by atoms with Gasteiger partial charge in [-0.3, -0.25) is 4.79 Å². The normalized spacial score (nSPS) is 10.4. The maximum Gasteiger partial charge on any atom is 0.244 e. The first-order valence-electron chi connectivity index (χ1n) is 4.65. The van der Waals surface area contributed by atoms with Crippen molar-refractivity contribution in [1.29, 1.82) is 0 Å². The van der Waals surface area contributed by atoms with Crippen molar-refractivity contribution < 1.29 is 9.18 Å². The predicted molar refractivity (Wildman–Crippen MR) is 63.7 cm³/mol. The lowest BCUT2D eigenvalue weighted by molar-refractivity contribution is -0.116. The number of rotatable bonds is 4. The van der Waals surface area contributed by atoms with Crippen LogP contribution in [-0.2, 0) is 4.79 Å². The first-order chi connectivity index (χ1) is 7.63. The molecule has 1 rings (SSSR count). The lowest BCUT2D eigenvalue weighted by Crippen LogP contribution is -2.20. The molecule has 0 heterocycles. The van der Waals surface area contributed by atoms with Crippen LogP contribution in [0.2, 0.25) is 5.02 Å². The maximum absolute atomic E-state index is 12.8. The van der Waals surface area contributed by atoms with Gasteiger partial charge in [0.1, 0.15) is 5.82 Å². The Balaban J connectivity index is 2.65. The highest BCUT2D eigenvalue weighted by Gasteiger charge is 1.98. The molecule has 0 saturated carbocycles.